The van der Waals surface area contributed by atoms with Crippen LogP contribution in [0.3, 0.4) is 0 Å². The van der Waals surface area contributed by atoms with Gasteiger partial charge < -0.3 is 0 Å². The van der Waals surface area contributed by atoms with E-state index in [0.717, 1.165) is 11.4 Å². The van der Waals surface area contributed by atoms with Crippen molar-refractivity contribution in [1.82, 2.24) is 4.98 Å². The topological polar surface area (TPSA) is 37.6 Å². The maximum atomic E-state index is 4.04. The Hall–Kier alpha value is -2.03. The van der Waals surface area contributed by atoms with E-state index in [1.807, 2.05) is 24.3 Å². The van der Waals surface area contributed by atoms with Crippen LogP contribution >= 0.6 is 0 Å². The third-order valence-corrected chi connectivity index (χ3v) is 1.63. The summed E-state index contributed by atoms with van der Waals surface area (Å²) in [5.41, 5.74) is 1.56. The van der Waals surface area contributed by atoms with Gasteiger partial charge in [-0.05, 0) is 30.3 Å². The molecule has 0 unspecified atom stereocenters. The molecule has 1 aromatic heterocycles. The summed E-state index contributed by atoms with van der Waals surface area (Å²) >= 11 is 0. The molecule has 0 aliphatic rings. The second-order valence-corrected chi connectivity index (χ2v) is 2.67. The highest BCUT2D eigenvalue weighted by atomic mass is 15.1. The van der Waals surface area contributed by atoms with E-state index < -0.39 is 0 Å². The predicted molar refractivity (Wildman–Crippen MR) is 53.7 cm³/mol. The van der Waals surface area contributed by atoms with Gasteiger partial charge in [-0.3, -0.25) is 4.98 Å². The fraction of sp³-hybridized carbons (Fsp3) is 0. The molecular weight excluding hydrogens is 174 g/mol. The molecule has 0 N–H and O–H groups in total. The lowest BCUT2D eigenvalue weighted by Gasteiger charge is -1.90. The van der Waals surface area contributed by atoms with Crippen molar-refractivity contribution in [3.63, 3.8) is 0 Å². The lowest BCUT2D eigenvalue weighted by molar-refractivity contribution is 1.20. The summed E-state index contributed by atoms with van der Waals surface area (Å²) in [5, 5.41) is 8.07. The third-order valence-electron chi connectivity index (χ3n) is 1.63. The summed E-state index contributed by atoms with van der Waals surface area (Å²) in [4.78, 5) is 3.94. The molecule has 0 saturated heterocycles. The van der Waals surface area contributed by atoms with Crippen LogP contribution in [0.15, 0.2) is 59.0 Å². The Bertz CT molecular complexity index is 368. The zero-order valence-corrected chi connectivity index (χ0v) is 7.46. The van der Waals surface area contributed by atoms with Crippen LogP contribution in [0.1, 0.15) is 0 Å². The average Bonchev–Trinajstić information content (AvgIpc) is 2.29. The molecule has 3 heteroatoms. The minimum atomic E-state index is 0.750. The van der Waals surface area contributed by atoms with Crippen LogP contribution < -0.4 is 0 Å². The molecule has 67 valence electrons. The number of pyridine rings is 1. The van der Waals surface area contributed by atoms with Crippen molar-refractivity contribution in [2.45, 2.75) is 0 Å². The van der Waals surface area contributed by atoms with E-state index >= 15 is 0 Å². The molecule has 14 heavy (non-hydrogen) atoms. The van der Waals surface area contributed by atoms with Gasteiger partial charge in [0.2, 0.25) is 0 Å². The van der Waals surface area contributed by atoms with E-state index in [4.69, 9.17) is 0 Å². The molecule has 0 atom stereocenters. The quantitative estimate of drug-likeness (QED) is 0.656. The van der Waals surface area contributed by atoms with E-state index in [0.29, 0.717) is 0 Å². The van der Waals surface area contributed by atoms with Crippen LogP contribution in [0.25, 0.3) is 0 Å². The lowest BCUT2D eigenvalue weighted by Crippen LogP contribution is -1.66. The summed E-state index contributed by atoms with van der Waals surface area (Å²) in [6.45, 7) is 0. The van der Waals surface area contributed by atoms with Crippen molar-refractivity contribution in [2.75, 3.05) is 0 Å². The average molecular weight is 182 g/mol. The first-order valence-corrected chi connectivity index (χ1v) is 4.23. The van der Waals surface area contributed by atoms with Crippen LogP contribution in [-0.4, -0.2) is 4.98 Å². The van der Waals surface area contributed by atoms with E-state index in [2.05, 4.69) is 21.3 Å². The SMILES string of the molecule is [c]1ccc(N=Nc2cccnc2)cc1. The molecule has 1 aromatic carbocycles. The Morgan fingerprint density at radius 3 is 2.50 bits per heavy atom. The molecule has 0 amide bonds. The smallest absolute Gasteiger partial charge is 0.104 e. The van der Waals surface area contributed by atoms with Crippen LogP contribution in [0, 0.1) is 6.07 Å². The highest BCUT2D eigenvalue weighted by Gasteiger charge is 1.87. The van der Waals surface area contributed by atoms with Gasteiger partial charge in [0.25, 0.3) is 0 Å². The second kappa shape index (κ2) is 4.28. The number of azo groups is 1. The van der Waals surface area contributed by atoms with Crippen molar-refractivity contribution in [1.29, 1.82) is 0 Å². The standard InChI is InChI=1S/C11H8N3/c1-2-5-10(6-3-1)13-14-11-7-4-8-12-9-11/h2-9H. The predicted octanol–water partition coefficient (Wildman–Crippen LogP) is 3.30. The third kappa shape index (κ3) is 2.23. The monoisotopic (exact) mass is 182 g/mol. The first-order chi connectivity index (χ1) is 6.95. The maximum Gasteiger partial charge on any atom is 0.104 e. The normalized spacial score (nSPS) is 10.6. The molecular formula is C11H8N3. The largest absolute Gasteiger partial charge is 0.262 e. The number of nitrogens with zero attached hydrogens (tertiary/aromatic N) is 3. The van der Waals surface area contributed by atoms with E-state index in [1.165, 1.54) is 0 Å². The lowest BCUT2D eigenvalue weighted by atomic mass is 10.3. The summed E-state index contributed by atoms with van der Waals surface area (Å²) in [5.74, 6) is 0. The Morgan fingerprint density at radius 2 is 1.79 bits per heavy atom. The van der Waals surface area contributed by atoms with E-state index in [-0.39, 0.29) is 0 Å². The number of benzene rings is 1. The molecule has 0 aliphatic heterocycles. The summed E-state index contributed by atoms with van der Waals surface area (Å²) < 4.78 is 0. The molecule has 2 aromatic rings. The zero-order chi connectivity index (χ0) is 9.64. The van der Waals surface area contributed by atoms with Crippen molar-refractivity contribution >= 4 is 11.4 Å². The molecule has 0 bridgehead atoms. The van der Waals surface area contributed by atoms with Gasteiger partial charge in [0.1, 0.15) is 5.69 Å². The number of aromatic nitrogens is 1. The Morgan fingerprint density at radius 1 is 1.00 bits per heavy atom. The highest BCUT2D eigenvalue weighted by molar-refractivity contribution is 5.37. The Labute approximate surface area is 82.2 Å². The second-order valence-electron chi connectivity index (χ2n) is 2.67. The van der Waals surface area contributed by atoms with Gasteiger partial charge in [0.15, 0.2) is 0 Å². The van der Waals surface area contributed by atoms with Gasteiger partial charge in [-0.1, -0.05) is 12.1 Å². The van der Waals surface area contributed by atoms with Crippen molar-refractivity contribution in [3.8, 4) is 0 Å². The minimum absolute atomic E-state index is 0.750. The van der Waals surface area contributed by atoms with Gasteiger partial charge in [-0.25, -0.2) is 0 Å². The Balaban J connectivity index is 2.16. The molecule has 1 heterocycles. The van der Waals surface area contributed by atoms with Gasteiger partial charge in [-0.15, -0.1) is 5.11 Å². The molecule has 0 spiro atoms. The Kier molecular flexibility index (Phi) is 2.62. The molecule has 1 radical (unpaired) electrons. The fourth-order valence-electron chi connectivity index (χ4n) is 0.973. The molecule has 3 nitrogen and oxygen atoms in total. The highest BCUT2D eigenvalue weighted by Crippen LogP contribution is 2.15. The first-order valence-electron chi connectivity index (χ1n) is 4.23. The summed E-state index contributed by atoms with van der Waals surface area (Å²) in [6.07, 6.45) is 3.37. The van der Waals surface area contributed by atoms with Crippen LogP contribution in [0.4, 0.5) is 11.4 Å². The van der Waals surface area contributed by atoms with Gasteiger partial charge in [-0.2, -0.15) is 5.11 Å². The van der Waals surface area contributed by atoms with Gasteiger partial charge in [0, 0.05) is 6.20 Å². The van der Waals surface area contributed by atoms with Crippen LogP contribution in [0.2, 0.25) is 0 Å². The zero-order valence-electron chi connectivity index (χ0n) is 7.46. The van der Waals surface area contributed by atoms with Gasteiger partial charge >= 0.3 is 0 Å². The number of hydrogen-bond acceptors (Lipinski definition) is 3. The van der Waals surface area contributed by atoms with Crippen molar-refractivity contribution < 1.29 is 0 Å². The fourth-order valence-corrected chi connectivity index (χ4v) is 0.973. The molecule has 2 rings (SSSR count). The van der Waals surface area contributed by atoms with Crippen molar-refractivity contribution in [3.05, 3.63) is 54.9 Å². The maximum absolute atomic E-state index is 4.04. The van der Waals surface area contributed by atoms with Crippen LogP contribution in [-0.2, 0) is 0 Å². The number of hydrogen-bond donors (Lipinski definition) is 0. The van der Waals surface area contributed by atoms with E-state index in [1.54, 1.807) is 24.5 Å². The minimum Gasteiger partial charge on any atom is -0.262 e. The van der Waals surface area contributed by atoms with E-state index in [9.17, 15) is 0 Å². The molecule has 0 saturated carbocycles. The number of rotatable bonds is 2. The summed E-state index contributed by atoms with van der Waals surface area (Å²) in [6, 6.07) is 13.9. The van der Waals surface area contributed by atoms with Crippen LogP contribution in [0.5, 0.6) is 0 Å². The van der Waals surface area contributed by atoms with Gasteiger partial charge in [0.05, 0.1) is 11.9 Å². The molecule has 0 fully saturated rings. The summed E-state index contributed by atoms with van der Waals surface area (Å²) in [7, 11) is 0. The van der Waals surface area contributed by atoms with Crippen molar-refractivity contribution in [2.24, 2.45) is 10.2 Å². The first kappa shape index (κ1) is 8.56. The molecule has 0 aliphatic carbocycles.